The van der Waals surface area contributed by atoms with Crippen LogP contribution in [0.1, 0.15) is 0 Å². The van der Waals surface area contributed by atoms with Crippen LogP contribution in [-0.2, 0) is 0 Å². The van der Waals surface area contributed by atoms with Crippen LogP contribution in [0.5, 0.6) is 0 Å². The van der Waals surface area contributed by atoms with Gasteiger partial charge in [-0.3, -0.25) is 0 Å². The molecule has 0 saturated heterocycles. The summed E-state index contributed by atoms with van der Waals surface area (Å²) >= 11 is 1.92. The predicted molar refractivity (Wildman–Crippen MR) is 72.5 cm³/mol. The monoisotopic (exact) mass is 360 g/mol. The molecule has 1 aliphatic heterocycles. The van der Waals surface area contributed by atoms with Crippen LogP contribution in [0.2, 0.25) is 0 Å². The van der Waals surface area contributed by atoms with Gasteiger partial charge in [-0.05, 0) is 12.1 Å². The zero-order valence-electron chi connectivity index (χ0n) is 10.1. The molecular weight excluding hydrogens is 343 g/mol. The maximum absolute atomic E-state index is 2.29. The molecule has 1 aliphatic rings. The topological polar surface area (TPSA) is 6.25 Å². The SMILES string of the molecule is CN(/C=C/C1=[N+](C)CCS1)c1ccccc1.[I-]. The summed E-state index contributed by atoms with van der Waals surface area (Å²) in [7, 11) is 4.22. The second kappa shape index (κ2) is 7.06. The lowest BCUT2D eigenvalue weighted by Gasteiger charge is -2.12. The summed E-state index contributed by atoms with van der Waals surface area (Å²) in [5.74, 6) is 1.20. The number of hydrogen-bond acceptors (Lipinski definition) is 2. The molecule has 92 valence electrons. The van der Waals surface area contributed by atoms with E-state index in [0.717, 1.165) is 6.54 Å². The number of nitrogens with zero attached hydrogens (tertiary/aromatic N) is 2. The summed E-state index contributed by atoms with van der Waals surface area (Å²) in [5.41, 5.74) is 1.21. The number of para-hydroxylation sites is 1. The fourth-order valence-electron chi connectivity index (χ4n) is 1.61. The van der Waals surface area contributed by atoms with Gasteiger partial charge in [0.05, 0.1) is 5.75 Å². The molecule has 0 N–H and O–H groups in total. The zero-order valence-corrected chi connectivity index (χ0v) is 13.1. The van der Waals surface area contributed by atoms with Crippen molar-refractivity contribution in [3.05, 3.63) is 42.6 Å². The molecule has 0 spiro atoms. The van der Waals surface area contributed by atoms with Crippen LogP contribution in [0.15, 0.2) is 42.6 Å². The molecule has 0 radical (unpaired) electrons. The third-order valence-electron chi connectivity index (χ3n) is 2.66. The van der Waals surface area contributed by atoms with E-state index in [4.69, 9.17) is 0 Å². The molecule has 0 aliphatic carbocycles. The number of halogens is 1. The molecule has 0 unspecified atom stereocenters. The number of rotatable bonds is 3. The molecule has 1 aromatic carbocycles. The van der Waals surface area contributed by atoms with E-state index >= 15 is 0 Å². The predicted octanol–water partition coefficient (Wildman–Crippen LogP) is -0.572. The summed E-state index contributed by atoms with van der Waals surface area (Å²) < 4.78 is 2.29. The highest BCUT2D eigenvalue weighted by molar-refractivity contribution is 8.14. The van der Waals surface area contributed by atoms with Crippen LogP contribution in [0.4, 0.5) is 5.69 Å². The van der Waals surface area contributed by atoms with E-state index in [2.05, 4.69) is 60.1 Å². The van der Waals surface area contributed by atoms with Gasteiger partial charge in [0.15, 0.2) is 6.54 Å². The first-order valence-electron chi connectivity index (χ1n) is 5.44. The Bertz CT molecular complexity index is 415. The average Bonchev–Trinajstić information content (AvgIpc) is 2.73. The van der Waals surface area contributed by atoms with Crippen molar-refractivity contribution < 1.29 is 28.6 Å². The lowest BCUT2D eigenvalue weighted by Crippen LogP contribution is -3.00. The molecule has 0 amide bonds. The van der Waals surface area contributed by atoms with Gasteiger partial charge in [0.2, 0.25) is 5.04 Å². The van der Waals surface area contributed by atoms with E-state index in [1.165, 1.54) is 16.5 Å². The van der Waals surface area contributed by atoms with Crippen LogP contribution >= 0.6 is 11.8 Å². The van der Waals surface area contributed by atoms with Gasteiger partial charge in [0.25, 0.3) is 0 Å². The van der Waals surface area contributed by atoms with Crippen LogP contribution in [0.25, 0.3) is 0 Å². The van der Waals surface area contributed by atoms with Crippen LogP contribution in [0, 0.1) is 0 Å². The molecule has 1 aromatic rings. The third kappa shape index (κ3) is 4.03. The Morgan fingerprint density at radius 2 is 2.00 bits per heavy atom. The minimum absolute atomic E-state index is 0. The fourth-order valence-corrected chi connectivity index (χ4v) is 2.65. The summed E-state index contributed by atoms with van der Waals surface area (Å²) in [6.07, 6.45) is 4.31. The van der Waals surface area contributed by atoms with E-state index in [1.54, 1.807) is 0 Å². The minimum Gasteiger partial charge on any atom is -1.00 e. The summed E-state index contributed by atoms with van der Waals surface area (Å²) in [6, 6.07) is 10.4. The molecule has 17 heavy (non-hydrogen) atoms. The minimum atomic E-state index is 0. The van der Waals surface area contributed by atoms with Crippen molar-refractivity contribution in [2.75, 3.05) is 31.3 Å². The lowest BCUT2D eigenvalue weighted by atomic mass is 10.3. The van der Waals surface area contributed by atoms with E-state index in [0.29, 0.717) is 0 Å². The molecule has 1 heterocycles. The number of thioether (sulfide) groups is 1. The van der Waals surface area contributed by atoms with Gasteiger partial charge in [-0.1, -0.05) is 30.0 Å². The second-order valence-electron chi connectivity index (χ2n) is 3.87. The fraction of sp³-hybridized carbons (Fsp3) is 0.308. The molecule has 0 fully saturated rings. The van der Waals surface area contributed by atoms with E-state index in [-0.39, 0.29) is 24.0 Å². The van der Waals surface area contributed by atoms with Crippen LogP contribution in [0.3, 0.4) is 0 Å². The molecule has 4 heteroatoms. The highest BCUT2D eigenvalue weighted by atomic mass is 127. The van der Waals surface area contributed by atoms with Crippen molar-refractivity contribution in [2.24, 2.45) is 0 Å². The van der Waals surface area contributed by atoms with Gasteiger partial charge in [-0.25, -0.2) is 4.58 Å². The highest BCUT2D eigenvalue weighted by Gasteiger charge is 2.16. The smallest absolute Gasteiger partial charge is 0.236 e. The van der Waals surface area contributed by atoms with Crippen LogP contribution in [-0.4, -0.2) is 36.0 Å². The molecule has 0 aromatic heterocycles. The number of hydrogen-bond donors (Lipinski definition) is 0. The first-order chi connectivity index (χ1) is 7.77. The average molecular weight is 360 g/mol. The Morgan fingerprint density at radius 1 is 1.29 bits per heavy atom. The molecule has 2 rings (SSSR count). The van der Waals surface area contributed by atoms with Crippen molar-refractivity contribution in [1.29, 1.82) is 0 Å². The standard InChI is InChI=1S/C13H17N2S.HI/c1-14(12-6-4-3-5-7-12)9-8-13-15(2)10-11-16-13;/h3-9H,10-11H2,1-2H3;1H/q+1;/p-1. The summed E-state index contributed by atoms with van der Waals surface area (Å²) in [5, 5.41) is 1.35. The molecule has 0 bridgehead atoms. The third-order valence-corrected chi connectivity index (χ3v) is 3.79. The Balaban J connectivity index is 0.00000144. The summed E-state index contributed by atoms with van der Waals surface area (Å²) in [4.78, 5) is 2.14. The maximum Gasteiger partial charge on any atom is 0.236 e. The van der Waals surface area contributed by atoms with Crippen molar-refractivity contribution in [2.45, 2.75) is 0 Å². The number of anilines is 1. The Kier molecular flexibility index (Phi) is 6.05. The van der Waals surface area contributed by atoms with Crippen molar-refractivity contribution in [1.82, 2.24) is 0 Å². The first kappa shape index (κ1) is 14.6. The van der Waals surface area contributed by atoms with E-state index in [9.17, 15) is 0 Å². The van der Waals surface area contributed by atoms with Crippen LogP contribution < -0.4 is 28.9 Å². The molecule has 2 nitrogen and oxygen atoms in total. The quantitative estimate of drug-likeness (QED) is 0.526. The lowest BCUT2D eigenvalue weighted by molar-refractivity contribution is -0.485. The van der Waals surface area contributed by atoms with Gasteiger partial charge < -0.3 is 28.9 Å². The van der Waals surface area contributed by atoms with Crippen molar-refractivity contribution >= 4 is 22.5 Å². The molecule has 0 saturated carbocycles. The summed E-state index contributed by atoms with van der Waals surface area (Å²) in [6.45, 7) is 1.15. The normalized spacial score (nSPS) is 15.2. The van der Waals surface area contributed by atoms with Crippen molar-refractivity contribution in [3.8, 4) is 0 Å². The zero-order chi connectivity index (χ0) is 11.4. The largest absolute Gasteiger partial charge is 1.00 e. The molecule has 0 atom stereocenters. The van der Waals surface area contributed by atoms with Crippen molar-refractivity contribution in [3.63, 3.8) is 0 Å². The Morgan fingerprint density at radius 3 is 2.59 bits per heavy atom. The van der Waals surface area contributed by atoms with E-state index in [1.807, 2.05) is 17.8 Å². The maximum atomic E-state index is 2.29. The number of benzene rings is 1. The first-order valence-corrected chi connectivity index (χ1v) is 6.43. The molecular formula is C13H17IN2S. The second-order valence-corrected chi connectivity index (χ2v) is 4.99. The van der Waals surface area contributed by atoms with E-state index < -0.39 is 0 Å². The van der Waals surface area contributed by atoms with Gasteiger partial charge in [0, 0.05) is 25.0 Å². The van der Waals surface area contributed by atoms with Gasteiger partial charge in [0.1, 0.15) is 7.05 Å². The Labute approximate surface area is 124 Å². The van der Waals surface area contributed by atoms with Gasteiger partial charge in [-0.15, -0.1) is 0 Å². The van der Waals surface area contributed by atoms with Gasteiger partial charge in [-0.2, -0.15) is 0 Å². The van der Waals surface area contributed by atoms with Gasteiger partial charge >= 0.3 is 0 Å². The highest BCUT2D eigenvalue weighted by Crippen LogP contribution is 2.14. The Hall–Kier alpha value is -0.490.